The zero-order valence-corrected chi connectivity index (χ0v) is 10.7. The molecule has 2 rings (SSSR count). The topological polar surface area (TPSA) is 34.1 Å². The van der Waals surface area contributed by atoms with Gasteiger partial charge in [0.05, 0.1) is 21.4 Å². The van der Waals surface area contributed by atoms with E-state index in [2.05, 4.69) is 0 Å². The molecule has 18 heavy (non-hydrogen) atoms. The van der Waals surface area contributed by atoms with Crippen LogP contribution in [0.1, 0.15) is 9.67 Å². The van der Waals surface area contributed by atoms with Crippen LogP contribution in [0.2, 0.25) is 0 Å². The van der Waals surface area contributed by atoms with Crippen molar-refractivity contribution >= 4 is 27.9 Å². The van der Waals surface area contributed by atoms with Gasteiger partial charge in [-0.05, 0) is 29.6 Å². The lowest BCUT2D eigenvalue weighted by Gasteiger charge is -2.01. The quantitative estimate of drug-likeness (QED) is 0.810. The number of hydrogen-bond acceptors (Lipinski definition) is 3. The van der Waals surface area contributed by atoms with Crippen LogP contribution in [0.4, 0.5) is 8.78 Å². The van der Waals surface area contributed by atoms with Gasteiger partial charge in [0.15, 0.2) is 17.4 Å². The molecule has 0 saturated heterocycles. The fourth-order valence-electron chi connectivity index (χ4n) is 1.33. The molecule has 0 N–H and O–H groups in total. The van der Waals surface area contributed by atoms with Crippen molar-refractivity contribution in [3.8, 4) is 0 Å². The number of ketones is 1. The van der Waals surface area contributed by atoms with Gasteiger partial charge in [0.2, 0.25) is 0 Å². The molecule has 6 heteroatoms. The molecule has 0 fully saturated rings. The van der Waals surface area contributed by atoms with Crippen molar-refractivity contribution in [1.29, 1.82) is 0 Å². The minimum atomic E-state index is -1.67. The summed E-state index contributed by atoms with van der Waals surface area (Å²) in [5.41, 5.74) is 0. The molecular formula is C12H8F2O2S2. The number of rotatable bonds is 4. The Balaban J connectivity index is 2.12. The number of carbonyl (C=O) groups excluding carboxylic acids is 1. The standard InChI is InChI=1S/C12H8F2O2S2/c13-9-4-3-8(6-10(9)14)18(16)7-11(15)12-2-1-5-17-12/h1-6H,7H2. The number of hydrogen-bond donors (Lipinski definition) is 0. The van der Waals surface area contributed by atoms with Gasteiger partial charge in [0.25, 0.3) is 0 Å². The van der Waals surface area contributed by atoms with E-state index in [4.69, 9.17) is 0 Å². The van der Waals surface area contributed by atoms with E-state index in [-0.39, 0.29) is 16.4 Å². The van der Waals surface area contributed by atoms with Crippen LogP contribution in [0.25, 0.3) is 0 Å². The maximum Gasteiger partial charge on any atom is 0.185 e. The van der Waals surface area contributed by atoms with Crippen LogP contribution in [-0.2, 0) is 10.8 Å². The van der Waals surface area contributed by atoms with Crippen molar-refractivity contribution in [3.05, 3.63) is 52.2 Å². The molecule has 1 aromatic carbocycles. The summed E-state index contributed by atoms with van der Waals surface area (Å²) in [4.78, 5) is 12.3. The Kier molecular flexibility index (Phi) is 3.98. The molecule has 1 atom stereocenters. The molecule has 0 saturated carbocycles. The second kappa shape index (κ2) is 5.49. The predicted molar refractivity (Wildman–Crippen MR) is 66.3 cm³/mol. The monoisotopic (exact) mass is 286 g/mol. The molecule has 1 heterocycles. The molecule has 0 amide bonds. The molecule has 94 valence electrons. The van der Waals surface area contributed by atoms with Crippen LogP contribution in [0.5, 0.6) is 0 Å². The van der Waals surface area contributed by atoms with E-state index in [9.17, 15) is 17.8 Å². The highest BCUT2D eigenvalue weighted by Gasteiger charge is 2.14. The zero-order chi connectivity index (χ0) is 13.1. The summed E-state index contributed by atoms with van der Waals surface area (Å²) in [6, 6.07) is 6.33. The van der Waals surface area contributed by atoms with Gasteiger partial charge in [0.1, 0.15) is 0 Å². The van der Waals surface area contributed by atoms with Crippen LogP contribution in [0.3, 0.4) is 0 Å². The highest BCUT2D eigenvalue weighted by Crippen LogP contribution is 2.15. The second-order valence-corrected chi connectivity index (χ2v) is 5.87. The summed E-state index contributed by atoms with van der Waals surface area (Å²) in [7, 11) is -1.67. The number of benzene rings is 1. The zero-order valence-electron chi connectivity index (χ0n) is 9.06. The molecule has 0 aliphatic carbocycles. The Labute approximate surface area is 109 Å². The van der Waals surface area contributed by atoms with E-state index in [1.54, 1.807) is 17.5 Å². The number of Topliss-reactive ketones (excluding diaryl/α,β-unsaturated/α-hetero) is 1. The smallest absolute Gasteiger partial charge is 0.185 e. The minimum absolute atomic E-state index is 0.110. The van der Waals surface area contributed by atoms with Crippen LogP contribution in [0, 0.1) is 11.6 Å². The largest absolute Gasteiger partial charge is 0.292 e. The molecular weight excluding hydrogens is 278 g/mol. The maximum absolute atomic E-state index is 13.0. The fourth-order valence-corrected chi connectivity index (χ4v) is 3.10. The van der Waals surface area contributed by atoms with Gasteiger partial charge in [0, 0.05) is 4.90 Å². The second-order valence-electron chi connectivity index (χ2n) is 3.47. The minimum Gasteiger partial charge on any atom is -0.292 e. The van der Waals surface area contributed by atoms with Gasteiger partial charge >= 0.3 is 0 Å². The van der Waals surface area contributed by atoms with Crippen molar-refractivity contribution < 1.29 is 17.8 Å². The Morgan fingerprint density at radius 2 is 2.00 bits per heavy atom. The van der Waals surface area contributed by atoms with Crippen molar-refractivity contribution in [2.75, 3.05) is 5.75 Å². The lowest BCUT2D eigenvalue weighted by atomic mass is 10.3. The van der Waals surface area contributed by atoms with Gasteiger partial charge in [-0.15, -0.1) is 11.3 Å². The first kappa shape index (κ1) is 13.0. The normalized spacial score (nSPS) is 12.3. The Morgan fingerprint density at radius 1 is 1.22 bits per heavy atom. The third-order valence-electron chi connectivity index (χ3n) is 2.21. The number of thiophene rings is 1. The average molecular weight is 286 g/mol. The van der Waals surface area contributed by atoms with Gasteiger partial charge in [-0.25, -0.2) is 8.78 Å². The van der Waals surface area contributed by atoms with E-state index in [0.717, 1.165) is 12.1 Å². The number of carbonyl (C=O) groups is 1. The summed E-state index contributed by atoms with van der Waals surface area (Å²) >= 11 is 1.26. The first-order valence-corrected chi connectivity index (χ1v) is 7.18. The maximum atomic E-state index is 13.0. The van der Waals surface area contributed by atoms with Gasteiger partial charge in [-0.2, -0.15) is 0 Å². The van der Waals surface area contributed by atoms with Gasteiger partial charge in [-0.1, -0.05) is 6.07 Å². The highest BCUT2D eigenvalue weighted by atomic mass is 32.2. The number of halogens is 2. The molecule has 1 aromatic heterocycles. The molecule has 0 spiro atoms. The van der Waals surface area contributed by atoms with Crippen molar-refractivity contribution in [3.63, 3.8) is 0 Å². The first-order valence-electron chi connectivity index (χ1n) is 4.98. The van der Waals surface area contributed by atoms with Crippen molar-refractivity contribution in [1.82, 2.24) is 0 Å². The van der Waals surface area contributed by atoms with E-state index >= 15 is 0 Å². The molecule has 2 aromatic rings. The van der Waals surface area contributed by atoms with Gasteiger partial charge in [-0.3, -0.25) is 9.00 Å². The van der Waals surface area contributed by atoms with Crippen LogP contribution < -0.4 is 0 Å². The molecule has 1 unspecified atom stereocenters. The summed E-state index contributed by atoms with van der Waals surface area (Å²) < 4.78 is 37.5. The van der Waals surface area contributed by atoms with E-state index in [0.29, 0.717) is 4.88 Å². The summed E-state index contributed by atoms with van der Waals surface area (Å²) in [5.74, 6) is -2.57. The molecule has 2 nitrogen and oxygen atoms in total. The SMILES string of the molecule is O=C(CS(=O)c1ccc(F)c(F)c1)c1cccs1. The molecule has 0 aliphatic heterocycles. The first-order chi connectivity index (χ1) is 8.58. The molecule has 0 bridgehead atoms. The van der Waals surface area contributed by atoms with Crippen molar-refractivity contribution in [2.24, 2.45) is 0 Å². The van der Waals surface area contributed by atoms with Crippen molar-refractivity contribution in [2.45, 2.75) is 4.90 Å². The Hall–Kier alpha value is -1.40. The summed E-state index contributed by atoms with van der Waals surface area (Å²) in [5, 5.41) is 1.74. The van der Waals surface area contributed by atoms with Crippen LogP contribution in [0.15, 0.2) is 40.6 Å². The fraction of sp³-hybridized carbons (Fsp3) is 0.0833. The average Bonchev–Trinajstić information content (AvgIpc) is 2.86. The van der Waals surface area contributed by atoms with Gasteiger partial charge < -0.3 is 0 Å². The lowest BCUT2D eigenvalue weighted by molar-refractivity contribution is 0.102. The predicted octanol–water partition coefficient (Wildman–Crippen LogP) is 3.02. The lowest BCUT2D eigenvalue weighted by Crippen LogP contribution is -2.10. The molecule has 0 radical (unpaired) electrons. The molecule has 0 aliphatic rings. The third-order valence-corrected chi connectivity index (χ3v) is 4.43. The summed E-state index contributed by atoms with van der Waals surface area (Å²) in [6.45, 7) is 0. The van der Waals surface area contributed by atoms with E-state index in [1.165, 1.54) is 17.4 Å². The van der Waals surface area contributed by atoms with Crippen LogP contribution >= 0.6 is 11.3 Å². The summed E-state index contributed by atoms with van der Waals surface area (Å²) in [6.07, 6.45) is 0. The highest BCUT2D eigenvalue weighted by molar-refractivity contribution is 7.85. The van der Waals surface area contributed by atoms with Crippen LogP contribution in [-0.4, -0.2) is 15.7 Å². The third kappa shape index (κ3) is 2.88. The Morgan fingerprint density at radius 3 is 2.61 bits per heavy atom. The Bertz CT molecular complexity index is 594. The van der Waals surface area contributed by atoms with E-state index in [1.807, 2.05) is 0 Å². The van der Waals surface area contributed by atoms with E-state index < -0.39 is 22.4 Å².